The average molecular weight is 731 g/mol. The van der Waals surface area contributed by atoms with Gasteiger partial charge in [0.15, 0.2) is 17.5 Å². The monoisotopic (exact) mass is 730 g/mol. The minimum absolute atomic E-state index is 0.616. The van der Waals surface area contributed by atoms with Gasteiger partial charge in [0.2, 0.25) is 0 Å². The van der Waals surface area contributed by atoms with E-state index in [1.165, 1.54) is 0 Å². The summed E-state index contributed by atoms with van der Waals surface area (Å²) in [6.45, 7) is 0. The molecule has 0 aliphatic heterocycles. The van der Waals surface area contributed by atoms with Crippen molar-refractivity contribution < 1.29 is 8.83 Å². The largest absolute Gasteiger partial charge is 0.455 e. The Morgan fingerprint density at radius 2 is 0.860 bits per heavy atom. The van der Waals surface area contributed by atoms with Crippen LogP contribution >= 0.6 is 0 Å². The number of hydrogen-bond acceptors (Lipinski definition) is 5. The van der Waals surface area contributed by atoms with Gasteiger partial charge in [0.1, 0.15) is 22.3 Å². The highest BCUT2D eigenvalue weighted by atomic mass is 16.3. The fraction of sp³-hybridized carbons (Fsp3) is 0. The number of benzene rings is 8. The molecule has 4 aromatic heterocycles. The lowest BCUT2D eigenvalue weighted by molar-refractivity contribution is 0.665. The quantitative estimate of drug-likeness (QED) is 0.176. The third-order valence-electron chi connectivity index (χ3n) is 11.1. The van der Waals surface area contributed by atoms with Gasteiger partial charge in [-0.3, -0.25) is 0 Å². The van der Waals surface area contributed by atoms with E-state index in [1.807, 2.05) is 84.9 Å². The van der Waals surface area contributed by atoms with Crippen LogP contribution in [0, 0.1) is 0 Å². The third kappa shape index (κ3) is 4.87. The lowest BCUT2D eigenvalue weighted by atomic mass is 9.99. The molecule has 12 rings (SSSR count). The van der Waals surface area contributed by atoms with Crippen molar-refractivity contribution in [1.82, 2.24) is 19.5 Å². The molecule has 0 aliphatic rings. The molecule has 6 heteroatoms. The van der Waals surface area contributed by atoms with Crippen LogP contribution in [-0.4, -0.2) is 19.5 Å². The first kappa shape index (κ1) is 31.5. The highest BCUT2D eigenvalue weighted by Gasteiger charge is 2.23. The van der Waals surface area contributed by atoms with E-state index in [-0.39, 0.29) is 0 Å². The van der Waals surface area contributed by atoms with Crippen LogP contribution in [0.2, 0.25) is 0 Å². The Morgan fingerprint density at radius 1 is 0.351 bits per heavy atom. The number of aromatic nitrogens is 4. The van der Waals surface area contributed by atoms with Crippen LogP contribution in [0.1, 0.15) is 0 Å². The minimum atomic E-state index is 0.616. The van der Waals surface area contributed by atoms with E-state index in [1.54, 1.807) is 0 Å². The molecule has 0 saturated carbocycles. The molecule has 0 unspecified atom stereocenters. The zero-order chi connectivity index (χ0) is 37.5. The van der Waals surface area contributed by atoms with Gasteiger partial charge in [0.05, 0.1) is 11.0 Å². The van der Waals surface area contributed by atoms with E-state index in [4.69, 9.17) is 23.8 Å². The van der Waals surface area contributed by atoms with Gasteiger partial charge in [-0.25, -0.2) is 15.0 Å². The van der Waals surface area contributed by atoms with Crippen molar-refractivity contribution >= 4 is 65.7 Å². The minimum Gasteiger partial charge on any atom is -0.455 e. The molecule has 57 heavy (non-hydrogen) atoms. The summed E-state index contributed by atoms with van der Waals surface area (Å²) < 4.78 is 15.7. The number of hydrogen-bond donors (Lipinski definition) is 0. The van der Waals surface area contributed by atoms with Crippen molar-refractivity contribution in [3.05, 3.63) is 182 Å². The molecule has 0 aliphatic carbocycles. The average Bonchev–Trinajstić information content (AvgIpc) is 3.96. The zero-order valence-electron chi connectivity index (χ0n) is 30.4. The number of nitrogens with zero attached hydrogens (tertiary/aromatic N) is 4. The lowest BCUT2D eigenvalue weighted by Crippen LogP contribution is -2.00. The maximum absolute atomic E-state index is 6.71. The van der Waals surface area contributed by atoms with Crippen molar-refractivity contribution in [2.75, 3.05) is 0 Å². The Balaban J connectivity index is 1.15. The Hall–Kier alpha value is -7.83. The Bertz CT molecular complexity index is 3470. The fourth-order valence-electron chi connectivity index (χ4n) is 8.51. The number of fused-ring (bicyclic) bond motifs is 9. The molecular weight excluding hydrogens is 701 g/mol. The van der Waals surface area contributed by atoms with Crippen molar-refractivity contribution in [3.63, 3.8) is 0 Å². The van der Waals surface area contributed by atoms with E-state index in [2.05, 4.69) is 102 Å². The zero-order valence-corrected chi connectivity index (χ0v) is 30.4. The molecule has 266 valence electrons. The van der Waals surface area contributed by atoms with Gasteiger partial charge < -0.3 is 13.4 Å². The van der Waals surface area contributed by atoms with E-state index >= 15 is 0 Å². The summed E-state index contributed by atoms with van der Waals surface area (Å²) in [6, 6.07) is 62.6. The maximum Gasteiger partial charge on any atom is 0.164 e. The molecule has 0 saturated heterocycles. The van der Waals surface area contributed by atoms with Gasteiger partial charge in [-0.05, 0) is 36.4 Å². The predicted molar refractivity (Wildman–Crippen MR) is 230 cm³/mol. The Kier molecular flexibility index (Phi) is 6.83. The van der Waals surface area contributed by atoms with Crippen LogP contribution in [-0.2, 0) is 0 Å². The predicted octanol–water partition coefficient (Wildman–Crippen LogP) is 13.4. The molecule has 0 bridgehead atoms. The number of para-hydroxylation sites is 4. The summed E-state index contributed by atoms with van der Waals surface area (Å²) in [4.78, 5) is 15.3. The SMILES string of the molecule is c1ccc(-c2nc(-c3ccccc3)nc(-c3cccc4c3c3ccccc3n4-c3cc(-c4cccc5c4oc4ccccc45)c4oc5ccccc5c4c3)n2)cc1. The van der Waals surface area contributed by atoms with Crippen LogP contribution < -0.4 is 0 Å². The Labute approximate surface area is 325 Å². The molecule has 0 amide bonds. The van der Waals surface area contributed by atoms with Crippen molar-refractivity contribution in [2.24, 2.45) is 0 Å². The fourth-order valence-corrected chi connectivity index (χ4v) is 8.51. The number of furan rings is 2. The van der Waals surface area contributed by atoms with Crippen LogP contribution in [0.25, 0.3) is 117 Å². The summed E-state index contributed by atoms with van der Waals surface area (Å²) in [6.07, 6.45) is 0. The van der Waals surface area contributed by atoms with Crippen LogP contribution in [0.15, 0.2) is 191 Å². The normalized spacial score (nSPS) is 11.9. The Morgan fingerprint density at radius 3 is 1.56 bits per heavy atom. The third-order valence-corrected chi connectivity index (χ3v) is 11.1. The second kappa shape index (κ2) is 12.3. The molecule has 0 atom stereocenters. The van der Waals surface area contributed by atoms with Crippen LogP contribution in [0.3, 0.4) is 0 Å². The summed E-state index contributed by atoms with van der Waals surface area (Å²) in [5.41, 5.74) is 11.2. The first-order valence-corrected chi connectivity index (χ1v) is 19.0. The summed E-state index contributed by atoms with van der Waals surface area (Å²) >= 11 is 0. The van der Waals surface area contributed by atoms with Gasteiger partial charge in [-0.2, -0.15) is 0 Å². The molecule has 6 nitrogen and oxygen atoms in total. The molecule has 0 N–H and O–H groups in total. The molecule has 8 aromatic carbocycles. The van der Waals surface area contributed by atoms with Gasteiger partial charge in [0, 0.05) is 65.8 Å². The highest BCUT2D eigenvalue weighted by Crippen LogP contribution is 2.44. The van der Waals surface area contributed by atoms with Crippen molar-refractivity contribution in [1.29, 1.82) is 0 Å². The molecule has 4 heterocycles. The van der Waals surface area contributed by atoms with E-state index in [9.17, 15) is 0 Å². The summed E-state index contributed by atoms with van der Waals surface area (Å²) in [5, 5.41) is 6.41. The molecule has 12 aromatic rings. The van der Waals surface area contributed by atoms with Crippen molar-refractivity contribution in [3.8, 4) is 51.0 Å². The summed E-state index contributed by atoms with van der Waals surface area (Å²) in [7, 11) is 0. The van der Waals surface area contributed by atoms with E-state index < -0.39 is 0 Å². The lowest BCUT2D eigenvalue weighted by Gasteiger charge is -2.12. The molecular formula is C51H30N4O2. The smallest absolute Gasteiger partial charge is 0.164 e. The van der Waals surface area contributed by atoms with Gasteiger partial charge in [-0.1, -0.05) is 146 Å². The van der Waals surface area contributed by atoms with Gasteiger partial charge in [0.25, 0.3) is 0 Å². The number of rotatable bonds is 5. The van der Waals surface area contributed by atoms with Crippen LogP contribution in [0.4, 0.5) is 0 Å². The van der Waals surface area contributed by atoms with E-state index in [0.717, 1.165) is 99.2 Å². The van der Waals surface area contributed by atoms with Crippen molar-refractivity contribution in [2.45, 2.75) is 0 Å². The second-order valence-corrected chi connectivity index (χ2v) is 14.3. The maximum atomic E-state index is 6.71. The second-order valence-electron chi connectivity index (χ2n) is 14.3. The van der Waals surface area contributed by atoms with Crippen LogP contribution in [0.5, 0.6) is 0 Å². The summed E-state index contributed by atoms with van der Waals surface area (Å²) in [5.74, 6) is 1.87. The highest BCUT2D eigenvalue weighted by molar-refractivity contribution is 6.18. The van der Waals surface area contributed by atoms with E-state index in [0.29, 0.717) is 17.5 Å². The van der Waals surface area contributed by atoms with Gasteiger partial charge in [-0.15, -0.1) is 0 Å². The molecule has 0 radical (unpaired) electrons. The molecule has 0 spiro atoms. The standard InChI is InChI=1S/C51H30N4O2/c1-3-15-31(16-4-1)49-52-50(32-17-5-2-6-18-32)54-51(53-49)39-24-14-26-43-46(39)38-21-7-10-25-42(38)55(43)33-29-40-35-20-9-12-28-45(35)57-48(40)41(30-33)37-23-13-22-36-34-19-8-11-27-44(34)56-47(36)37/h1-30H. The van der Waals surface area contributed by atoms with Gasteiger partial charge >= 0.3 is 0 Å². The molecule has 0 fully saturated rings. The first-order valence-electron chi connectivity index (χ1n) is 19.0. The topological polar surface area (TPSA) is 69.9 Å². The first-order chi connectivity index (χ1) is 28.3.